The molecule has 2 aromatic heterocycles. The number of ether oxygens (including phenoxy) is 1. The maximum absolute atomic E-state index is 5.48. The van der Waals surface area contributed by atoms with Gasteiger partial charge in [-0.05, 0) is 24.4 Å². The van der Waals surface area contributed by atoms with E-state index in [9.17, 15) is 0 Å². The van der Waals surface area contributed by atoms with Crippen LogP contribution in [0, 0.1) is 6.92 Å². The van der Waals surface area contributed by atoms with Crippen LogP contribution in [0.1, 0.15) is 27.1 Å². The zero-order valence-electron chi connectivity index (χ0n) is 13.3. The van der Waals surface area contributed by atoms with Crippen molar-refractivity contribution >= 4 is 22.7 Å². The summed E-state index contributed by atoms with van der Waals surface area (Å²) in [5.74, 6) is 0.928. The molecule has 1 atom stereocenters. The van der Waals surface area contributed by atoms with Crippen molar-refractivity contribution in [3.8, 4) is 5.75 Å². The minimum absolute atomic E-state index is 0.221. The first-order chi connectivity index (χ1) is 11.3. The summed E-state index contributed by atoms with van der Waals surface area (Å²) in [5, 5.41) is 8.94. The van der Waals surface area contributed by atoms with Crippen molar-refractivity contribution in [3.63, 3.8) is 0 Å². The first-order valence-electron chi connectivity index (χ1n) is 7.55. The molecule has 3 aromatic rings. The number of aromatic nitrogens is 1. The molecule has 120 valence electrons. The van der Waals surface area contributed by atoms with Crippen molar-refractivity contribution in [2.45, 2.75) is 25.9 Å². The number of hydrogen-bond acceptors (Lipinski definition) is 5. The third-order valence-corrected chi connectivity index (χ3v) is 5.50. The molecule has 0 saturated carbocycles. The molecule has 0 bridgehead atoms. The summed E-state index contributed by atoms with van der Waals surface area (Å²) in [6.45, 7) is 2.87. The van der Waals surface area contributed by atoms with Gasteiger partial charge in [0.2, 0.25) is 0 Å². The van der Waals surface area contributed by atoms with E-state index in [2.05, 4.69) is 46.9 Å². The molecular formula is C18H20N2OS2. The summed E-state index contributed by atoms with van der Waals surface area (Å²) >= 11 is 3.49. The Labute approximate surface area is 145 Å². The molecular weight excluding hydrogens is 324 g/mol. The molecule has 0 saturated heterocycles. The molecule has 0 unspecified atom stereocenters. The number of hydrogen-bond donors (Lipinski definition) is 1. The van der Waals surface area contributed by atoms with Gasteiger partial charge in [0, 0.05) is 35.0 Å². The van der Waals surface area contributed by atoms with Crippen LogP contribution >= 0.6 is 22.7 Å². The van der Waals surface area contributed by atoms with Crippen molar-refractivity contribution in [1.82, 2.24) is 10.3 Å². The van der Waals surface area contributed by atoms with E-state index in [4.69, 9.17) is 4.74 Å². The van der Waals surface area contributed by atoms with Crippen LogP contribution in [-0.4, -0.2) is 12.1 Å². The zero-order chi connectivity index (χ0) is 16.1. The Morgan fingerprint density at radius 1 is 1.22 bits per heavy atom. The average Bonchev–Trinajstić information content (AvgIpc) is 3.25. The van der Waals surface area contributed by atoms with Gasteiger partial charge < -0.3 is 10.1 Å². The fourth-order valence-electron chi connectivity index (χ4n) is 2.56. The van der Waals surface area contributed by atoms with E-state index in [1.807, 2.05) is 17.6 Å². The van der Waals surface area contributed by atoms with Gasteiger partial charge in [-0.3, -0.25) is 0 Å². The van der Waals surface area contributed by atoms with E-state index in [0.717, 1.165) is 23.7 Å². The minimum atomic E-state index is 0.221. The standard InChI is InChI=1S/C18H20N2OS2/c1-13-5-6-17(21-2)14(10-13)12-20-16(18-19-7-9-23-18)11-15-4-3-8-22-15/h3-10,16,20H,11-12H2,1-2H3/t16-/m0/s1. The highest BCUT2D eigenvalue weighted by atomic mass is 32.1. The van der Waals surface area contributed by atoms with Crippen LogP contribution in [0.2, 0.25) is 0 Å². The molecule has 0 amide bonds. The van der Waals surface area contributed by atoms with Gasteiger partial charge in [0.1, 0.15) is 10.8 Å². The summed E-state index contributed by atoms with van der Waals surface area (Å²) in [5.41, 5.74) is 2.42. The lowest BCUT2D eigenvalue weighted by Crippen LogP contribution is -2.23. The third kappa shape index (κ3) is 4.19. The van der Waals surface area contributed by atoms with E-state index in [0.29, 0.717) is 0 Å². The monoisotopic (exact) mass is 344 g/mol. The van der Waals surface area contributed by atoms with E-state index in [1.165, 1.54) is 16.0 Å². The smallest absolute Gasteiger partial charge is 0.123 e. The Hall–Kier alpha value is -1.69. The molecule has 0 spiro atoms. The van der Waals surface area contributed by atoms with Gasteiger partial charge in [0.15, 0.2) is 0 Å². The van der Waals surface area contributed by atoms with Crippen LogP contribution in [0.3, 0.4) is 0 Å². The molecule has 0 aliphatic rings. The maximum atomic E-state index is 5.48. The molecule has 1 aromatic carbocycles. The number of aryl methyl sites for hydroxylation is 1. The van der Waals surface area contributed by atoms with Crippen LogP contribution in [0.25, 0.3) is 0 Å². The van der Waals surface area contributed by atoms with Crippen LogP contribution in [0.4, 0.5) is 0 Å². The Morgan fingerprint density at radius 3 is 2.83 bits per heavy atom. The first kappa shape index (κ1) is 16.2. The van der Waals surface area contributed by atoms with Crippen molar-refractivity contribution in [2.75, 3.05) is 7.11 Å². The number of methoxy groups -OCH3 is 1. The van der Waals surface area contributed by atoms with Gasteiger partial charge >= 0.3 is 0 Å². The highest BCUT2D eigenvalue weighted by molar-refractivity contribution is 7.10. The lowest BCUT2D eigenvalue weighted by molar-refractivity contribution is 0.405. The van der Waals surface area contributed by atoms with Crippen molar-refractivity contribution < 1.29 is 4.74 Å². The van der Waals surface area contributed by atoms with Crippen molar-refractivity contribution in [1.29, 1.82) is 0 Å². The topological polar surface area (TPSA) is 34.1 Å². The Kier molecular flexibility index (Phi) is 5.43. The fraction of sp³-hybridized carbons (Fsp3) is 0.278. The molecule has 1 N–H and O–H groups in total. The van der Waals surface area contributed by atoms with Crippen LogP contribution < -0.4 is 10.1 Å². The van der Waals surface area contributed by atoms with E-state index in [-0.39, 0.29) is 6.04 Å². The minimum Gasteiger partial charge on any atom is -0.496 e. The van der Waals surface area contributed by atoms with Crippen LogP contribution in [0.15, 0.2) is 47.3 Å². The number of thiazole rings is 1. The van der Waals surface area contributed by atoms with E-state index >= 15 is 0 Å². The second kappa shape index (κ2) is 7.73. The summed E-state index contributed by atoms with van der Waals surface area (Å²) in [6.07, 6.45) is 2.83. The second-order valence-corrected chi connectivity index (χ2v) is 7.36. The summed E-state index contributed by atoms with van der Waals surface area (Å²) in [6, 6.07) is 10.8. The highest BCUT2D eigenvalue weighted by Crippen LogP contribution is 2.25. The Bertz CT molecular complexity index is 724. The third-order valence-electron chi connectivity index (χ3n) is 3.71. The number of benzene rings is 1. The number of nitrogens with one attached hydrogen (secondary N) is 1. The molecule has 0 fully saturated rings. The van der Waals surface area contributed by atoms with Gasteiger partial charge in [-0.2, -0.15) is 0 Å². The van der Waals surface area contributed by atoms with Crippen LogP contribution in [0.5, 0.6) is 5.75 Å². The predicted molar refractivity (Wildman–Crippen MR) is 97.4 cm³/mol. The Balaban J connectivity index is 1.75. The summed E-state index contributed by atoms with van der Waals surface area (Å²) in [4.78, 5) is 5.87. The van der Waals surface area contributed by atoms with Crippen molar-refractivity contribution in [2.24, 2.45) is 0 Å². The molecule has 0 aliphatic carbocycles. The van der Waals surface area contributed by atoms with Gasteiger partial charge in [0.05, 0.1) is 13.2 Å². The maximum Gasteiger partial charge on any atom is 0.123 e. The number of nitrogens with zero attached hydrogens (tertiary/aromatic N) is 1. The lowest BCUT2D eigenvalue weighted by Gasteiger charge is -2.17. The van der Waals surface area contributed by atoms with E-state index < -0.39 is 0 Å². The number of rotatable bonds is 7. The SMILES string of the molecule is COc1ccc(C)cc1CN[C@@H](Cc1cccs1)c1nccs1. The molecule has 0 radical (unpaired) electrons. The van der Waals surface area contributed by atoms with Crippen LogP contribution in [-0.2, 0) is 13.0 Å². The average molecular weight is 345 g/mol. The number of thiophene rings is 1. The van der Waals surface area contributed by atoms with E-state index in [1.54, 1.807) is 29.8 Å². The highest BCUT2D eigenvalue weighted by Gasteiger charge is 2.16. The summed E-state index contributed by atoms with van der Waals surface area (Å²) in [7, 11) is 1.72. The van der Waals surface area contributed by atoms with Gasteiger partial charge in [-0.25, -0.2) is 4.98 Å². The largest absolute Gasteiger partial charge is 0.496 e. The molecule has 0 aliphatic heterocycles. The molecule has 5 heteroatoms. The van der Waals surface area contributed by atoms with Gasteiger partial charge in [0.25, 0.3) is 0 Å². The second-order valence-electron chi connectivity index (χ2n) is 5.40. The lowest BCUT2D eigenvalue weighted by atomic mass is 10.1. The predicted octanol–water partition coefficient (Wildman–Crippen LogP) is 4.60. The van der Waals surface area contributed by atoms with Crippen molar-refractivity contribution in [3.05, 3.63) is 68.3 Å². The van der Waals surface area contributed by atoms with Gasteiger partial charge in [-0.1, -0.05) is 23.8 Å². The molecule has 3 rings (SSSR count). The quantitative estimate of drug-likeness (QED) is 0.680. The normalized spacial score (nSPS) is 12.3. The molecule has 2 heterocycles. The Morgan fingerprint density at radius 2 is 2.13 bits per heavy atom. The first-order valence-corrected chi connectivity index (χ1v) is 9.31. The zero-order valence-corrected chi connectivity index (χ0v) is 14.9. The summed E-state index contributed by atoms with van der Waals surface area (Å²) < 4.78 is 5.48. The fourth-order valence-corrected chi connectivity index (χ4v) is 4.03. The van der Waals surface area contributed by atoms with Gasteiger partial charge in [-0.15, -0.1) is 22.7 Å². The molecule has 23 heavy (non-hydrogen) atoms. The molecule has 3 nitrogen and oxygen atoms in total.